The zero-order valence-corrected chi connectivity index (χ0v) is 17.3. The van der Waals surface area contributed by atoms with Gasteiger partial charge >= 0.3 is 0 Å². The molecule has 0 bridgehead atoms. The molecule has 0 radical (unpaired) electrons. The quantitative estimate of drug-likeness (QED) is 0.402. The number of halogens is 1. The number of fused-ring (bicyclic) bond motifs is 1. The van der Waals surface area contributed by atoms with E-state index in [0.29, 0.717) is 5.52 Å². The van der Waals surface area contributed by atoms with Crippen LogP contribution in [0, 0.1) is 0 Å². The van der Waals surface area contributed by atoms with E-state index in [-0.39, 0.29) is 22.1 Å². The summed E-state index contributed by atoms with van der Waals surface area (Å²) in [5, 5.41) is 2.67. The van der Waals surface area contributed by atoms with Crippen molar-refractivity contribution >= 4 is 54.5 Å². The van der Waals surface area contributed by atoms with Crippen molar-refractivity contribution in [2.24, 2.45) is 0 Å². The summed E-state index contributed by atoms with van der Waals surface area (Å²) < 4.78 is 28.6. The lowest BCUT2D eigenvalue weighted by Crippen LogP contribution is -2.19. The number of H-pyrrole nitrogens is 1. The fourth-order valence-electron chi connectivity index (χ4n) is 2.77. The lowest BCUT2D eigenvalue weighted by molar-refractivity contribution is 0.102. The Labute approximate surface area is 175 Å². The lowest BCUT2D eigenvalue weighted by atomic mass is 10.2. The van der Waals surface area contributed by atoms with Crippen molar-refractivity contribution in [2.75, 3.05) is 10.0 Å². The number of carbonyl (C=O) groups is 1. The fraction of sp³-hybridized carbons (Fsp3) is 0. The predicted molar refractivity (Wildman–Crippen MR) is 115 cm³/mol. The van der Waals surface area contributed by atoms with Crippen molar-refractivity contribution in [1.82, 2.24) is 9.97 Å². The van der Waals surface area contributed by atoms with Gasteiger partial charge in [-0.2, -0.15) is 0 Å². The molecule has 3 N–H and O–H groups in total. The Hall–Kier alpha value is -3.17. The molecule has 0 spiro atoms. The van der Waals surface area contributed by atoms with E-state index in [1.807, 2.05) is 24.3 Å². The van der Waals surface area contributed by atoms with Crippen LogP contribution in [0.3, 0.4) is 0 Å². The summed E-state index contributed by atoms with van der Waals surface area (Å²) in [6.07, 6.45) is 0. The first-order valence-electron chi connectivity index (χ1n) is 8.56. The Kier molecular flexibility index (Phi) is 5.08. The van der Waals surface area contributed by atoms with Crippen molar-refractivity contribution in [3.05, 3.63) is 82.8 Å². The molecule has 1 aromatic heterocycles. The van der Waals surface area contributed by atoms with Crippen LogP contribution in [-0.4, -0.2) is 24.3 Å². The van der Waals surface area contributed by atoms with Crippen LogP contribution in [-0.2, 0) is 10.0 Å². The average molecular weight is 471 g/mol. The molecule has 0 atom stereocenters. The monoisotopic (exact) mass is 470 g/mol. The van der Waals surface area contributed by atoms with Gasteiger partial charge in [-0.05, 0) is 48.5 Å². The number of para-hydroxylation sites is 3. The summed E-state index contributed by atoms with van der Waals surface area (Å²) >= 11 is 3.28. The molecule has 3 aromatic carbocycles. The second kappa shape index (κ2) is 7.69. The third-order valence-electron chi connectivity index (χ3n) is 4.16. The Morgan fingerprint density at radius 1 is 0.931 bits per heavy atom. The lowest BCUT2D eigenvalue weighted by Gasteiger charge is -2.12. The third kappa shape index (κ3) is 4.15. The second-order valence-corrected chi connectivity index (χ2v) is 8.76. The van der Waals surface area contributed by atoms with E-state index in [9.17, 15) is 13.2 Å². The van der Waals surface area contributed by atoms with Crippen LogP contribution in [0.15, 0.2) is 82.2 Å². The van der Waals surface area contributed by atoms with Crippen LogP contribution in [0.1, 0.15) is 10.4 Å². The van der Waals surface area contributed by atoms with E-state index < -0.39 is 15.9 Å². The number of hydrogen-bond donors (Lipinski definition) is 3. The normalized spacial score (nSPS) is 11.3. The van der Waals surface area contributed by atoms with Crippen LogP contribution in [0.2, 0.25) is 0 Å². The van der Waals surface area contributed by atoms with E-state index >= 15 is 0 Å². The number of hydrogen-bond acceptors (Lipinski definition) is 4. The smallest absolute Gasteiger partial charge is 0.261 e. The van der Waals surface area contributed by atoms with Crippen molar-refractivity contribution in [2.45, 2.75) is 4.90 Å². The van der Waals surface area contributed by atoms with Gasteiger partial charge in [0, 0.05) is 4.47 Å². The van der Waals surface area contributed by atoms with Gasteiger partial charge in [0.15, 0.2) is 0 Å². The Balaban J connectivity index is 1.60. The van der Waals surface area contributed by atoms with Crippen molar-refractivity contribution < 1.29 is 13.2 Å². The van der Waals surface area contributed by atoms with E-state index in [1.54, 1.807) is 24.3 Å². The number of nitrogens with one attached hydrogen (secondary N) is 3. The fourth-order valence-corrected chi connectivity index (χ4v) is 4.12. The minimum absolute atomic E-state index is 0.0909. The summed E-state index contributed by atoms with van der Waals surface area (Å²) in [5.74, 6) is -0.208. The zero-order valence-electron chi connectivity index (χ0n) is 14.9. The summed E-state index contributed by atoms with van der Waals surface area (Å²) in [6.45, 7) is 0. The van der Waals surface area contributed by atoms with Gasteiger partial charge < -0.3 is 4.98 Å². The zero-order chi connectivity index (χ0) is 20.4. The molecule has 7 nitrogen and oxygen atoms in total. The first-order chi connectivity index (χ1) is 13.9. The molecule has 29 heavy (non-hydrogen) atoms. The Bertz CT molecular complexity index is 1270. The maximum atomic E-state index is 12.8. The number of imidazole rings is 1. The van der Waals surface area contributed by atoms with Gasteiger partial charge in [0.2, 0.25) is 5.95 Å². The van der Waals surface area contributed by atoms with Crippen LogP contribution >= 0.6 is 15.9 Å². The molecule has 0 unspecified atom stereocenters. The molecule has 0 saturated heterocycles. The highest BCUT2D eigenvalue weighted by Gasteiger charge is 2.19. The average Bonchev–Trinajstić information content (AvgIpc) is 3.10. The van der Waals surface area contributed by atoms with E-state index in [1.165, 1.54) is 24.3 Å². The first kappa shape index (κ1) is 19.2. The highest BCUT2D eigenvalue weighted by molar-refractivity contribution is 9.10. The molecule has 1 amide bonds. The summed E-state index contributed by atoms with van der Waals surface area (Å²) in [5.41, 5.74) is 1.84. The summed E-state index contributed by atoms with van der Waals surface area (Å²) in [7, 11) is -3.85. The topological polar surface area (TPSA) is 104 Å². The molecule has 0 aliphatic carbocycles. The Morgan fingerprint density at radius 3 is 2.38 bits per heavy atom. The van der Waals surface area contributed by atoms with Crippen molar-refractivity contribution in [3.63, 3.8) is 0 Å². The van der Waals surface area contributed by atoms with Crippen molar-refractivity contribution in [3.8, 4) is 0 Å². The molecule has 9 heteroatoms. The number of benzene rings is 3. The Morgan fingerprint density at radius 2 is 1.62 bits per heavy atom. The van der Waals surface area contributed by atoms with Crippen LogP contribution in [0.25, 0.3) is 11.0 Å². The number of carbonyl (C=O) groups excluding carboxylic acids is 1. The third-order valence-corrected chi connectivity index (χ3v) is 6.07. The first-order valence-corrected chi connectivity index (χ1v) is 10.8. The van der Waals surface area contributed by atoms with Gasteiger partial charge in [-0.25, -0.2) is 13.4 Å². The molecular formula is C20H15BrN4O3S. The van der Waals surface area contributed by atoms with Gasteiger partial charge in [-0.1, -0.05) is 40.2 Å². The minimum Gasteiger partial charge on any atom is -0.324 e. The van der Waals surface area contributed by atoms with Crippen LogP contribution in [0.5, 0.6) is 0 Å². The molecule has 1 heterocycles. The summed E-state index contributed by atoms with van der Waals surface area (Å²) in [6, 6.07) is 20.0. The van der Waals surface area contributed by atoms with E-state index in [2.05, 4.69) is 35.9 Å². The van der Waals surface area contributed by atoms with Gasteiger partial charge in [0.05, 0.1) is 27.2 Å². The minimum atomic E-state index is -3.85. The van der Waals surface area contributed by atoms with Gasteiger partial charge in [-0.15, -0.1) is 0 Å². The van der Waals surface area contributed by atoms with E-state index in [4.69, 9.17) is 0 Å². The highest BCUT2D eigenvalue weighted by Crippen LogP contribution is 2.22. The van der Waals surface area contributed by atoms with E-state index in [0.717, 1.165) is 9.99 Å². The number of nitrogens with zero attached hydrogens (tertiary/aromatic N) is 1. The molecule has 0 aliphatic rings. The number of aromatic amines is 1. The molecule has 146 valence electrons. The molecule has 4 rings (SSSR count). The van der Waals surface area contributed by atoms with Gasteiger partial charge in [-0.3, -0.25) is 14.8 Å². The molecule has 0 aliphatic heterocycles. The van der Waals surface area contributed by atoms with Crippen LogP contribution < -0.4 is 10.0 Å². The molecule has 4 aromatic rings. The molecule has 0 fully saturated rings. The number of anilines is 2. The second-order valence-electron chi connectivity index (χ2n) is 6.16. The van der Waals surface area contributed by atoms with Gasteiger partial charge in [0.1, 0.15) is 0 Å². The number of rotatable bonds is 5. The standard InChI is InChI=1S/C20H15BrN4O3S/c21-13-9-11-14(12-10-13)29(27,28)25-16-6-2-1-5-15(16)19(26)24-20-22-17-7-3-4-8-18(17)23-20/h1-12,25H,(H2,22,23,24,26). The molecular weight excluding hydrogens is 456 g/mol. The number of amides is 1. The predicted octanol–water partition coefficient (Wildman–Crippen LogP) is 4.38. The van der Waals surface area contributed by atoms with Crippen LogP contribution in [0.4, 0.5) is 11.6 Å². The largest absolute Gasteiger partial charge is 0.324 e. The maximum absolute atomic E-state index is 12.8. The number of sulfonamides is 1. The number of aromatic nitrogens is 2. The highest BCUT2D eigenvalue weighted by atomic mass is 79.9. The molecule has 0 saturated carbocycles. The van der Waals surface area contributed by atoms with Gasteiger partial charge in [0.25, 0.3) is 15.9 Å². The SMILES string of the molecule is O=C(Nc1nc2ccccc2[nH]1)c1ccccc1NS(=O)(=O)c1ccc(Br)cc1. The van der Waals surface area contributed by atoms with Crippen molar-refractivity contribution in [1.29, 1.82) is 0 Å². The summed E-state index contributed by atoms with van der Waals surface area (Å²) in [4.78, 5) is 20.2. The maximum Gasteiger partial charge on any atom is 0.261 e.